The van der Waals surface area contributed by atoms with Crippen LogP contribution in [0.1, 0.15) is 48.9 Å². The van der Waals surface area contributed by atoms with Crippen LogP contribution in [0.25, 0.3) is 0 Å². The molecular formula is C26H28N4O3S. The standard InChI is InChI=1S/C26H28N4O3S/c1-2-17-5-12-21(13-6-17)34(32,33)30-23-14-10-18-9-11-20(16-22(18)23)28-25-24(4-3-15-27-25)29-26(31)19-7-8-19/h3-6,9,11-13,15-16,19,23,30H,2,7-8,10,14H2,1H3,(H,27,28)(H,29,31). The van der Waals surface area contributed by atoms with E-state index >= 15 is 0 Å². The summed E-state index contributed by atoms with van der Waals surface area (Å²) in [6.45, 7) is 2.04. The fourth-order valence-corrected chi connectivity index (χ4v) is 5.53. The summed E-state index contributed by atoms with van der Waals surface area (Å²) in [5, 5.41) is 6.25. The zero-order valence-electron chi connectivity index (χ0n) is 19.0. The zero-order valence-corrected chi connectivity index (χ0v) is 19.9. The first-order valence-electron chi connectivity index (χ1n) is 11.7. The molecule has 1 saturated carbocycles. The highest BCUT2D eigenvalue weighted by Crippen LogP contribution is 2.36. The summed E-state index contributed by atoms with van der Waals surface area (Å²) >= 11 is 0. The SMILES string of the molecule is CCc1ccc(S(=O)(=O)NC2CCc3ccc(Nc4ncccc4NC(=O)C4CC4)cc32)cc1. The second-order valence-corrected chi connectivity index (χ2v) is 10.6. The number of carbonyl (C=O) groups excluding carboxylic acids is 1. The molecule has 0 bridgehead atoms. The monoisotopic (exact) mass is 476 g/mol. The van der Waals surface area contributed by atoms with Crippen molar-refractivity contribution in [2.75, 3.05) is 10.6 Å². The number of aromatic nitrogens is 1. The molecule has 5 rings (SSSR count). The van der Waals surface area contributed by atoms with E-state index in [1.165, 1.54) is 0 Å². The summed E-state index contributed by atoms with van der Waals surface area (Å²) in [5.41, 5.74) is 4.61. The lowest BCUT2D eigenvalue weighted by molar-refractivity contribution is -0.117. The van der Waals surface area contributed by atoms with Gasteiger partial charge < -0.3 is 10.6 Å². The third-order valence-electron chi connectivity index (χ3n) is 6.44. The van der Waals surface area contributed by atoms with Gasteiger partial charge in [-0.25, -0.2) is 18.1 Å². The van der Waals surface area contributed by atoms with Gasteiger partial charge in [0.2, 0.25) is 15.9 Å². The molecule has 0 aliphatic heterocycles. The van der Waals surface area contributed by atoms with Crippen LogP contribution in [0.5, 0.6) is 0 Å². The second kappa shape index (κ2) is 9.19. The van der Waals surface area contributed by atoms with Gasteiger partial charge in [-0.15, -0.1) is 0 Å². The first-order chi connectivity index (χ1) is 16.4. The topological polar surface area (TPSA) is 100 Å². The maximum absolute atomic E-state index is 13.0. The average molecular weight is 477 g/mol. The number of sulfonamides is 1. The molecule has 2 aliphatic rings. The molecular weight excluding hydrogens is 448 g/mol. The van der Waals surface area contributed by atoms with Crippen LogP contribution in [0.3, 0.4) is 0 Å². The van der Waals surface area contributed by atoms with Gasteiger partial charge in [0, 0.05) is 23.8 Å². The van der Waals surface area contributed by atoms with E-state index in [4.69, 9.17) is 0 Å². The molecule has 3 N–H and O–H groups in total. The van der Waals surface area contributed by atoms with E-state index in [1.807, 2.05) is 43.3 Å². The maximum atomic E-state index is 13.0. The van der Waals surface area contributed by atoms with Crippen LogP contribution in [-0.4, -0.2) is 19.3 Å². The minimum Gasteiger partial charge on any atom is -0.338 e. The number of carbonyl (C=O) groups is 1. The van der Waals surface area contributed by atoms with Crippen molar-refractivity contribution < 1.29 is 13.2 Å². The van der Waals surface area contributed by atoms with Gasteiger partial charge in [-0.3, -0.25) is 4.79 Å². The number of fused-ring (bicyclic) bond motifs is 1. The van der Waals surface area contributed by atoms with Crippen molar-refractivity contribution in [2.24, 2.45) is 5.92 Å². The van der Waals surface area contributed by atoms with E-state index in [9.17, 15) is 13.2 Å². The molecule has 0 radical (unpaired) electrons. The van der Waals surface area contributed by atoms with Crippen molar-refractivity contribution >= 4 is 33.1 Å². The number of hydrogen-bond donors (Lipinski definition) is 3. The lowest BCUT2D eigenvalue weighted by Gasteiger charge is -2.17. The van der Waals surface area contributed by atoms with Crippen LogP contribution in [0, 0.1) is 5.92 Å². The number of rotatable bonds is 8. The van der Waals surface area contributed by atoms with Gasteiger partial charge in [-0.1, -0.05) is 25.1 Å². The van der Waals surface area contributed by atoms with E-state index in [1.54, 1.807) is 24.4 Å². The van der Waals surface area contributed by atoms with Crippen LogP contribution in [0.15, 0.2) is 65.7 Å². The van der Waals surface area contributed by atoms with Crippen LogP contribution in [0.4, 0.5) is 17.2 Å². The van der Waals surface area contributed by atoms with Gasteiger partial charge >= 0.3 is 0 Å². The Balaban J connectivity index is 1.34. The molecule has 7 nitrogen and oxygen atoms in total. The van der Waals surface area contributed by atoms with Gasteiger partial charge in [0.05, 0.1) is 10.6 Å². The van der Waals surface area contributed by atoms with E-state index < -0.39 is 10.0 Å². The van der Waals surface area contributed by atoms with E-state index in [0.717, 1.165) is 48.1 Å². The van der Waals surface area contributed by atoms with Crippen molar-refractivity contribution in [1.82, 2.24) is 9.71 Å². The first kappa shape index (κ1) is 22.6. The first-order valence-corrected chi connectivity index (χ1v) is 13.2. The summed E-state index contributed by atoms with van der Waals surface area (Å²) < 4.78 is 28.9. The fraction of sp³-hybridized carbons (Fsp3) is 0.308. The Bertz CT molecular complexity index is 1320. The minimum absolute atomic E-state index is 0.0199. The number of pyridine rings is 1. The molecule has 8 heteroatoms. The van der Waals surface area contributed by atoms with Crippen molar-refractivity contribution in [1.29, 1.82) is 0 Å². The molecule has 34 heavy (non-hydrogen) atoms. The molecule has 1 atom stereocenters. The van der Waals surface area contributed by atoms with Gasteiger partial charge in [0.1, 0.15) is 0 Å². The second-order valence-electron chi connectivity index (χ2n) is 8.91. The predicted octanol–water partition coefficient (Wildman–Crippen LogP) is 4.70. The quantitative estimate of drug-likeness (QED) is 0.438. The lowest BCUT2D eigenvalue weighted by Crippen LogP contribution is -2.27. The van der Waals surface area contributed by atoms with Gasteiger partial charge in [0.15, 0.2) is 5.82 Å². The molecule has 0 spiro atoms. The largest absolute Gasteiger partial charge is 0.338 e. The van der Waals surface area contributed by atoms with Crippen LogP contribution < -0.4 is 15.4 Å². The van der Waals surface area contributed by atoms with Crippen molar-refractivity contribution in [3.8, 4) is 0 Å². The van der Waals surface area contributed by atoms with Crippen LogP contribution in [0.2, 0.25) is 0 Å². The van der Waals surface area contributed by atoms with Crippen LogP contribution >= 0.6 is 0 Å². The number of benzene rings is 2. The van der Waals surface area contributed by atoms with E-state index in [2.05, 4.69) is 20.3 Å². The van der Waals surface area contributed by atoms with Crippen LogP contribution in [-0.2, 0) is 27.7 Å². The van der Waals surface area contributed by atoms with Gasteiger partial charge in [-0.2, -0.15) is 0 Å². The summed E-state index contributed by atoms with van der Waals surface area (Å²) in [7, 11) is -3.64. The van der Waals surface area contributed by atoms with E-state index in [0.29, 0.717) is 17.9 Å². The Morgan fingerprint density at radius 2 is 1.85 bits per heavy atom. The number of amides is 1. The maximum Gasteiger partial charge on any atom is 0.241 e. The Labute approximate surface area is 200 Å². The third-order valence-corrected chi connectivity index (χ3v) is 7.93. The minimum atomic E-state index is -3.64. The Morgan fingerprint density at radius 1 is 1.06 bits per heavy atom. The summed E-state index contributed by atoms with van der Waals surface area (Å²) in [6, 6.07) is 16.3. The molecule has 3 aromatic rings. The Kier molecular flexibility index (Phi) is 6.10. The zero-order chi connectivity index (χ0) is 23.7. The Hall–Kier alpha value is -3.23. The fourth-order valence-electron chi connectivity index (χ4n) is 4.28. The molecule has 2 aliphatic carbocycles. The highest BCUT2D eigenvalue weighted by atomic mass is 32.2. The van der Waals surface area contributed by atoms with Crippen molar-refractivity contribution in [3.05, 3.63) is 77.5 Å². The molecule has 1 unspecified atom stereocenters. The summed E-state index contributed by atoms with van der Waals surface area (Å²) in [5.74, 6) is 0.675. The molecule has 1 heterocycles. The smallest absolute Gasteiger partial charge is 0.241 e. The number of nitrogens with one attached hydrogen (secondary N) is 3. The number of hydrogen-bond acceptors (Lipinski definition) is 5. The normalized spacial score (nSPS) is 17.3. The molecule has 2 aromatic carbocycles. The Morgan fingerprint density at radius 3 is 2.59 bits per heavy atom. The van der Waals surface area contributed by atoms with Crippen molar-refractivity contribution in [2.45, 2.75) is 50.0 Å². The molecule has 0 saturated heterocycles. The van der Waals surface area contributed by atoms with Gasteiger partial charge in [0.25, 0.3) is 0 Å². The van der Waals surface area contributed by atoms with Gasteiger partial charge in [-0.05, 0) is 85.2 Å². The highest BCUT2D eigenvalue weighted by molar-refractivity contribution is 7.89. The average Bonchev–Trinajstić information content (AvgIpc) is 3.63. The lowest BCUT2D eigenvalue weighted by atomic mass is 10.1. The molecule has 1 fully saturated rings. The number of aryl methyl sites for hydroxylation is 2. The van der Waals surface area contributed by atoms with Crippen molar-refractivity contribution in [3.63, 3.8) is 0 Å². The molecule has 176 valence electrons. The summed E-state index contributed by atoms with van der Waals surface area (Å²) in [4.78, 5) is 16.9. The van der Waals surface area contributed by atoms with E-state index in [-0.39, 0.29) is 22.8 Å². The third kappa shape index (κ3) is 4.83. The number of anilines is 3. The highest BCUT2D eigenvalue weighted by Gasteiger charge is 2.30. The molecule has 1 aromatic heterocycles. The number of nitrogens with zero attached hydrogens (tertiary/aromatic N) is 1. The summed E-state index contributed by atoms with van der Waals surface area (Å²) in [6.07, 6.45) is 5.91. The molecule has 1 amide bonds. The predicted molar refractivity (Wildman–Crippen MR) is 133 cm³/mol.